The second-order valence-corrected chi connectivity index (χ2v) is 16.6. The van der Waals surface area contributed by atoms with E-state index in [9.17, 15) is 24.0 Å². The highest BCUT2D eigenvalue weighted by Crippen LogP contribution is 2.38. The first-order valence-corrected chi connectivity index (χ1v) is 21.5. The molecule has 5 aliphatic heterocycles. The number of imide groups is 2. The van der Waals surface area contributed by atoms with Crippen LogP contribution < -0.4 is 21.3 Å². The summed E-state index contributed by atoms with van der Waals surface area (Å²) in [5.41, 5.74) is 7.59. The lowest BCUT2D eigenvalue weighted by atomic mass is 9.83. The zero-order valence-corrected chi connectivity index (χ0v) is 35.0. The van der Waals surface area contributed by atoms with Crippen LogP contribution >= 0.6 is 0 Å². The zero-order chi connectivity index (χ0) is 43.1. The van der Waals surface area contributed by atoms with Crippen molar-refractivity contribution in [2.45, 2.75) is 64.5 Å². The number of anilines is 4. The molecule has 5 aliphatic rings. The smallest absolute Gasteiger partial charge is 0.262 e. The Balaban J connectivity index is 0.791. The van der Waals surface area contributed by atoms with E-state index in [1.165, 1.54) is 0 Å². The number of fused-ring (bicyclic) bond motifs is 2. The van der Waals surface area contributed by atoms with E-state index in [1.54, 1.807) is 6.20 Å². The molecule has 4 N–H and O–H groups in total. The summed E-state index contributed by atoms with van der Waals surface area (Å²) >= 11 is 0. The SMILES string of the molecule is C=C1C(=O)N(C2CCC(=O)NC2=O)C(=O)/C1=C(/C=C\C)C1CCN(C2CCN(C(=O)c3ccc(Nc4ncc5ccc(-c6cnc7c(c6C)NCCN7)cc5n4)cc3)CC2)CC1. The second-order valence-electron chi connectivity index (χ2n) is 16.6. The molecule has 0 bridgehead atoms. The van der Waals surface area contributed by atoms with Gasteiger partial charge >= 0.3 is 0 Å². The standard InChI is InChI=1S/C47H50N10O5/c1-4-5-35(40-28(3)44(60)57(46(40)62)38-12-13-39(58)54-43(38)59)29-14-20-55(21-15-29)34-16-22-56(23-17-34)45(61)30-8-10-33(11-9-30)52-47-51-25-32-7-6-31(24-37(32)53-47)36-26-50-42-41(27(36)2)48-18-19-49-42/h4-11,24-26,29,34,38,48H,3,12-23H2,1-2H3,(H,49,50)(H,51,52,53)(H,54,58,59)/b5-4-,40-35-. The summed E-state index contributed by atoms with van der Waals surface area (Å²) in [4.78, 5) is 84.4. The molecular formula is C47H50N10O5. The Morgan fingerprint density at radius 3 is 2.39 bits per heavy atom. The Kier molecular flexibility index (Phi) is 11.1. The van der Waals surface area contributed by atoms with E-state index in [0.717, 1.165) is 107 Å². The molecule has 0 radical (unpaired) electrons. The highest BCUT2D eigenvalue weighted by atomic mass is 16.2. The van der Waals surface area contributed by atoms with Crippen LogP contribution in [0.1, 0.15) is 61.4 Å². The lowest BCUT2D eigenvalue weighted by Gasteiger charge is -2.42. The number of hydrogen-bond donors (Lipinski definition) is 4. The summed E-state index contributed by atoms with van der Waals surface area (Å²) < 4.78 is 0. The second kappa shape index (κ2) is 17.0. The Morgan fingerprint density at radius 1 is 0.887 bits per heavy atom. The summed E-state index contributed by atoms with van der Waals surface area (Å²) in [5, 5.41) is 13.3. The van der Waals surface area contributed by atoms with Gasteiger partial charge in [-0.2, -0.15) is 0 Å². The lowest BCUT2D eigenvalue weighted by molar-refractivity contribution is -0.149. The molecule has 0 spiro atoms. The molecule has 62 heavy (non-hydrogen) atoms. The number of rotatable bonds is 8. The molecule has 2 aromatic carbocycles. The van der Waals surface area contributed by atoms with Crippen LogP contribution in [-0.4, -0.2) is 111 Å². The number of pyridine rings is 1. The molecule has 0 aliphatic carbocycles. The molecule has 0 saturated carbocycles. The fraction of sp³-hybridized carbons (Fsp3) is 0.362. The number of likely N-dealkylation sites (tertiary alicyclic amines) is 3. The molecular weight excluding hydrogens is 785 g/mol. The topological polar surface area (TPSA) is 182 Å². The van der Waals surface area contributed by atoms with Crippen molar-refractivity contribution in [3.63, 3.8) is 0 Å². The first-order chi connectivity index (χ1) is 30.1. The van der Waals surface area contributed by atoms with E-state index < -0.39 is 29.7 Å². The lowest BCUT2D eigenvalue weighted by Crippen LogP contribution is -2.54. The van der Waals surface area contributed by atoms with Crippen molar-refractivity contribution in [2.24, 2.45) is 5.92 Å². The zero-order valence-electron chi connectivity index (χ0n) is 35.0. The Bertz CT molecular complexity index is 2570. The molecule has 5 amide bonds. The summed E-state index contributed by atoms with van der Waals surface area (Å²) in [7, 11) is 0. The minimum atomic E-state index is -1.03. The number of amides is 5. The van der Waals surface area contributed by atoms with E-state index in [2.05, 4.69) is 61.8 Å². The first-order valence-electron chi connectivity index (χ1n) is 21.5. The number of nitrogens with zero attached hydrogens (tertiary/aromatic N) is 6. The maximum absolute atomic E-state index is 13.8. The molecule has 4 aromatic rings. The minimum Gasteiger partial charge on any atom is -0.380 e. The van der Waals surface area contributed by atoms with Crippen molar-refractivity contribution in [3.8, 4) is 11.1 Å². The van der Waals surface area contributed by atoms with Crippen LogP contribution in [-0.2, 0) is 19.2 Å². The molecule has 15 nitrogen and oxygen atoms in total. The van der Waals surface area contributed by atoms with Crippen LogP contribution in [0.25, 0.3) is 22.0 Å². The fourth-order valence-corrected chi connectivity index (χ4v) is 9.59. The first kappa shape index (κ1) is 40.7. The highest BCUT2D eigenvalue weighted by molar-refractivity contribution is 6.26. The van der Waals surface area contributed by atoms with Gasteiger partial charge in [-0.1, -0.05) is 30.9 Å². The van der Waals surface area contributed by atoms with Crippen LogP contribution in [0.2, 0.25) is 0 Å². The van der Waals surface area contributed by atoms with E-state index in [1.807, 2.05) is 60.5 Å². The third kappa shape index (κ3) is 7.72. The van der Waals surface area contributed by atoms with Gasteiger partial charge in [0.1, 0.15) is 11.9 Å². The fourth-order valence-electron chi connectivity index (χ4n) is 9.59. The third-order valence-electron chi connectivity index (χ3n) is 12.9. The Morgan fingerprint density at radius 2 is 1.65 bits per heavy atom. The van der Waals surface area contributed by atoms with Crippen molar-refractivity contribution in [1.29, 1.82) is 0 Å². The van der Waals surface area contributed by atoms with Crippen LogP contribution in [0, 0.1) is 12.8 Å². The number of hydrogen-bond acceptors (Lipinski definition) is 12. The van der Waals surface area contributed by atoms with Crippen molar-refractivity contribution in [2.75, 3.05) is 55.2 Å². The quantitative estimate of drug-likeness (QED) is 0.130. The maximum atomic E-state index is 13.8. The normalized spacial score (nSPS) is 21.3. The molecule has 4 fully saturated rings. The summed E-state index contributed by atoms with van der Waals surface area (Å²) in [6.07, 6.45) is 11.0. The Hall–Kier alpha value is -6.74. The monoisotopic (exact) mass is 834 g/mol. The van der Waals surface area contributed by atoms with Crippen molar-refractivity contribution in [1.82, 2.24) is 35.0 Å². The average Bonchev–Trinajstić information content (AvgIpc) is 3.51. The van der Waals surface area contributed by atoms with E-state index in [0.29, 0.717) is 30.6 Å². The number of carbonyl (C=O) groups excluding carboxylic acids is 5. The third-order valence-corrected chi connectivity index (χ3v) is 12.9. The van der Waals surface area contributed by atoms with Gasteiger partial charge in [0.25, 0.3) is 17.7 Å². The Labute approximate surface area is 359 Å². The van der Waals surface area contributed by atoms with Crippen LogP contribution in [0.5, 0.6) is 0 Å². The largest absolute Gasteiger partial charge is 0.380 e. The van der Waals surface area contributed by atoms with Crippen LogP contribution in [0.3, 0.4) is 0 Å². The maximum Gasteiger partial charge on any atom is 0.262 e. The van der Waals surface area contributed by atoms with Gasteiger partial charge in [0.2, 0.25) is 17.8 Å². The minimum absolute atomic E-state index is 0.00566. The number of carbonyl (C=O) groups is 5. The van der Waals surface area contributed by atoms with Crippen molar-refractivity contribution < 1.29 is 24.0 Å². The molecule has 7 heterocycles. The number of benzene rings is 2. The predicted molar refractivity (Wildman–Crippen MR) is 236 cm³/mol. The van der Waals surface area contributed by atoms with Gasteiger partial charge in [0.15, 0.2) is 0 Å². The number of nitrogens with one attached hydrogen (secondary N) is 4. The van der Waals surface area contributed by atoms with Gasteiger partial charge in [0, 0.05) is 78.8 Å². The summed E-state index contributed by atoms with van der Waals surface area (Å²) in [6.45, 7) is 12.6. The van der Waals surface area contributed by atoms with Crippen LogP contribution in [0.4, 0.5) is 23.1 Å². The van der Waals surface area contributed by atoms with E-state index in [-0.39, 0.29) is 35.8 Å². The summed E-state index contributed by atoms with van der Waals surface area (Å²) in [5.74, 6) is -0.763. The van der Waals surface area contributed by atoms with Gasteiger partial charge in [-0.05, 0) is 112 Å². The molecule has 4 saturated heterocycles. The number of allylic oxidation sites excluding steroid dienone is 3. The predicted octanol–water partition coefficient (Wildman–Crippen LogP) is 5.50. The molecule has 1 unspecified atom stereocenters. The van der Waals surface area contributed by atoms with Gasteiger partial charge in [-0.25, -0.2) is 15.0 Å². The van der Waals surface area contributed by atoms with Gasteiger partial charge in [0.05, 0.1) is 16.8 Å². The molecule has 15 heteroatoms. The van der Waals surface area contributed by atoms with Gasteiger partial charge < -0.3 is 25.8 Å². The van der Waals surface area contributed by atoms with E-state index >= 15 is 0 Å². The van der Waals surface area contributed by atoms with Gasteiger partial charge in [-0.3, -0.25) is 34.2 Å². The molecule has 318 valence electrons. The number of aromatic nitrogens is 3. The van der Waals surface area contributed by atoms with Crippen molar-refractivity contribution in [3.05, 3.63) is 101 Å². The van der Waals surface area contributed by atoms with Crippen molar-refractivity contribution >= 4 is 63.6 Å². The van der Waals surface area contributed by atoms with Gasteiger partial charge in [-0.15, -0.1) is 0 Å². The summed E-state index contributed by atoms with van der Waals surface area (Å²) in [6, 6.07) is 12.9. The molecule has 9 rings (SSSR count). The average molecular weight is 835 g/mol. The van der Waals surface area contributed by atoms with E-state index in [4.69, 9.17) is 4.98 Å². The van der Waals surface area contributed by atoms with Crippen LogP contribution in [0.15, 0.2) is 90.3 Å². The molecule has 2 aromatic heterocycles. The number of piperidine rings is 3. The molecule has 1 atom stereocenters. The highest BCUT2D eigenvalue weighted by Gasteiger charge is 2.47.